The molecule has 1 rings (SSSR count). The maximum absolute atomic E-state index is 2.32. The zero-order valence-corrected chi connectivity index (χ0v) is 15.9. The maximum Gasteiger partial charge on any atom is 0.104 e. The Morgan fingerprint density at radius 2 is 1.09 bits per heavy atom. The van der Waals surface area contributed by atoms with Crippen molar-refractivity contribution < 1.29 is 4.48 Å². The minimum absolute atomic E-state index is 1.22. The Bertz CT molecular complexity index is 309. The number of benzene rings is 1. The van der Waals surface area contributed by atoms with Crippen LogP contribution in [0.15, 0.2) is 30.3 Å². The Hall–Kier alpha value is -0.820. The van der Waals surface area contributed by atoms with Gasteiger partial charge in [0.15, 0.2) is 0 Å². The number of unbranched alkanes of at least 4 members (excludes halogenated alkanes) is 3. The van der Waals surface area contributed by atoms with Gasteiger partial charge in [0.2, 0.25) is 0 Å². The highest BCUT2D eigenvalue weighted by atomic mass is 15.3. The Morgan fingerprint density at radius 3 is 1.45 bits per heavy atom. The van der Waals surface area contributed by atoms with E-state index in [2.05, 4.69) is 51.1 Å². The largest absolute Gasteiger partial charge is 0.320 e. The quantitative estimate of drug-likeness (QED) is 0.413. The van der Waals surface area contributed by atoms with Gasteiger partial charge in [-0.25, -0.2) is 0 Å². The smallest absolute Gasteiger partial charge is 0.104 e. The van der Waals surface area contributed by atoms with Crippen molar-refractivity contribution >= 4 is 0 Å². The molecule has 0 spiro atoms. The summed E-state index contributed by atoms with van der Waals surface area (Å²) in [7, 11) is 0. The molecule has 1 nitrogen and oxygen atoms in total. The second-order valence-electron chi connectivity index (χ2n) is 6.22. The Kier molecular flexibility index (Phi) is 13.3. The molecule has 0 unspecified atom stereocenters. The summed E-state index contributed by atoms with van der Waals surface area (Å²) in [5, 5.41) is 0. The number of hydrogen-bond acceptors (Lipinski definition) is 0. The van der Waals surface area contributed by atoms with Crippen LogP contribution < -0.4 is 0 Å². The summed E-state index contributed by atoms with van der Waals surface area (Å²) in [6.07, 6.45) is 8.02. The lowest BCUT2D eigenvalue weighted by molar-refractivity contribution is -0.941. The fourth-order valence-corrected chi connectivity index (χ4v) is 3.02. The monoisotopic (exact) mass is 306 g/mol. The highest BCUT2D eigenvalue weighted by Crippen LogP contribution is 2.19. The molecule has 0 radical (unpaired) electrons. The fourth-order valence-electron chi connectivity index (χ4n) is 3.02. The zero-order valence-electron chi connectivity index (χ0n) is 15.9. The van der Waals surface area contributed by atoms with E-state index in [0.29, 0.717) is 0 Å². The van der Waals surface area contributed by atoms with E-state index in [0.717, 1.165) is 0 Å². The van der Waals surface area contributed by atoms with E-state index < -0.39 is 0 Å². The van der Waals surface area contributed by atoms with Crippen LogP contribution >= 0.6 is 0 Å². The normalized spacial score (nSPS) is 11.0. The molecule has 0 aromatic heterocycles. The summed E-state index contributed by atoms with van der Waals surface area (Å²) in [6, 6.07) is 11.1. The summed E-state index contributed by atoms with van der Waals surface area (Å²) in [5.74, 6) is 0. The van der Waals surface area contributed by atoms with Gasteiger partial charge >= 0.3 is 0 Å². The van der Waals surface area contributed by atoms with Crippen molar-refractivity contribution in [1.82, 2.24) is 0 Å². The predicted octanol–water partition coefficient (Wildman–Crippen LogP) is 6.43. The second kappa shape index (κ2) is 13.8. The molecule has 1 aromatic carbocycles. The van der Waals surface area contributed by atoms with E-state index in [1.165, 1.54) is 74.8 Å². The average Bonchev–Trinajstić information content (AvgIpc) is 2.59. The number of nitrogens with zero attached hydrogens (tertiary/aromatic N) is 1. The average molecular weight is 307 g/mol. The van der Waals surface area contributed by atoms with E-state index in [-0.39, 0.29) is 0 Å². The lowest BCUT2D eigenvalue weighted by Gasteiger charge is -2.39. The third kappa shape index (κ3) is 8.58. The zero-order chi connectivity index (χ0) is 16.7. The van der Waals surface area contributed by atoms with Crippen molar-refractivity contribution in [2.24, 2.45) is 0 Å². The van der Waals surface area contributed by atoms with E-state index in [1.807, 2.05) is 13.8 Å². The molecule has 1 heteroatoms. The minimum Gasteiger partial charge on any atom is -0.320 e. The van der Waals surface area contributed by atoms with Crippen molar-refractivity contribution in [3.8, 4) is 0 Å². The summed E-state index contributed by atoms with van der Waals surface area (Å²) in [6.45, 7) is 16.2. The summed E-state index contributed by atoms with van der Waals surface area (Å²) in [5.41, 5.74) is 1.51. The summed E-state index contributed by atoms with van der Waals surface area (Å²) in [4.78, 5) is 0. The molecular formula is C21H40N+. The molecule has 128 valence electrons. The first-order chi connectivity index (χ1) is 10.8. The van der Waals surface area contributed by atoms with Gasteiger partial charge in [0.1, 0.15) is 6.54 Å². The molecule has 0 aliphatic carbocycles. The molecule has 0 atom stereocenters. The van der Waals surface area contributed by atoms with Crippen molar-refractivity contribution in [1.29, 1.82) is 0 Å². The highest BCUT2D eigenvalue weighted by Gasteiger charge is 2.25. The third-order valence-electron chi connectivity index (χ3n) is 4.32. The van der Waals surface area contributed by atoms with Crippen LogP contribution in [-0.2, 0) is 6.54 Å². The van der Waals surface area contributed by atoms with Crippen molar-refractivity contribution in [2.45, 2.75) is 79.7 Å². The molecule has 0 fully saturated rings. The van der Waals surface area contributed by atoms with E-state index in [9.17, 15) is 0 Å². The highest BCUT2D eigenvalue weighted by molar-refractivity contribution is 5.13. The Labute approximate surface area is 140 Å². The van der Waals surface area contributed by atoms with Crippen molar-refractivity contribution in [3.63, 3.8) is 0 Å². The van der Waals surface area contributed by atoms with Gasteiger partial charge in [0.25, 0.3) is 0 Å². The molecule has 0 saturated carbocycles. The van der Waals surface area contributed by atoms with Crippen LogP contribution in [0.4, 0.5) is 0 Å². The number of rotatable bonds is 11. The van der Waals surface area contributed by atoms with Crippen LogP contribution in [0.5, 0.6) is 0 Å². The molecule has 1 aromatic rings. The molecular weight excluding hydrogens is 266 g/mol. The van der Waals surface area contributed by atoms with Crippen LogP contribution in [0, 0.1) is 0 Å². The van der Waals surface area contributed by atoms with Crippen LogP contribution in [-0.4, -0.2) is 24.1 Å². The van der Waals surface area contributed by atoms with Gasteiger partial charge in [0.05, 0.1) is 19.6 Å². The molecule has 0 heterocycles. The molecule has 0 bridgehead atoms. The Balaban J connectivity index is 0.00000211. The van der Waals surface area contributed by atoms with Crippen molar-refractivity contribution in [3.05, 3.63) is 35.9 Å². The first-order valence-electron chi connectivity index (χ1n) is 9.65. The molecule has 0 N–H and O–H groups in total. The topological polar surface area (TPSA) is 0 Å². The van der Waals surface area contributed by atoms with Gasteiger partial charge in [0, 0.05) is 5.56 Å². The summed E-state index contributed by atoms with van der Waals surface area (Å²) >= 11 is 0. The standard InChI is InChI=1S/C19H34N.C2H6/c1-4-7-15-20(16-8-5-2,17-9-6-3)18-19-13-11-10-12-14-19;1-2/h10-14H,4-9,15-18H2,1-3H3;1-2H3/q+1;. The summed E-state index contributed by atoms with van der Waals surface area (Å²) < 4.78 is 1.31. The van der Waals surface area contributed by atoms with Gasteiger partial charge in [-0.3, -0.25) is 0 Å². The number of quaternary nitrogens is 1. The van der Waals surface area contributed by atoms with E-state index >= 15 is 0 Å². The van der Waals surface area contributed by atoms with Crippen molar-refractivity contribution in [2.75, 3.05) is 19.6 Å². The van der Waals surface area contributed by atoms with E-state index in [1.54, 1.807) is 0 Å². The van der Waals surface area contributed by atoms with Gasteiger partial charge < -0.3 is 4.48 Å². The van der Waals surface area contributed by atoms with Gasteiger partial charge in [-0.1, -0.05) is 84.2 Å². The molecule has 0 saturated heterocycles. The predicted molar refractivity (Wildman–Crippen MR) is 101 cm³/mol. The van der Waals surface area contributed by atoms with Gasteiger partial charge in [-0.15, -0.1) is 0 Å². The first-order valence-corrected chi connectivity index (χ1v) is 9.65. The molecule has 22 heavy (non-hydrogen) atoms. The number of hydrogen-bond donors (Lipinski definition) is 0. The fraction of sp³-hybridized carbons (Fsp3) is 0.714. The van der Waals surface area contributed by atoms with Crippen LogP contribution in [0.2, 0.25) is 0 Å². The van der Waals surface area contributed by atoms with Crippen LogP contribution in [0.25, 0.3) is 0 Å². The lowest BCUT2D eigenvalue weighted by atomic mass is 10.1. The minimum atomic E-state index is 1.22. The SMILES string of the molecule is CC.CCCC[N+](CCCC)(CCCC)Cc1ccccc1. The van der Waals surface area contributed by atoms with Crippen LogP contribution in [0.1, 0.15) is 78.7 Å². The van der Waals surface area contributed by atoms with E-state index in [4.69, 9.17) is 0 Å². The molecule has 0 amide bonds. The third-order valence-corrected chi connectivity index (χ3v) is 4.32. The second-order valence-corrected chi connectivity index (χ2v) is 6.22. The van der Waals surface area contributed by atoms with Gasteiger partial charge in [-0.2, -0.15) is 0 Å². The molecule has 0 aliphatic heterocycles. The van der Waals surface area contributed by atoms with Gasteiger partial charge in [-0.05, 0) is 19.3 Å². The lowest BCUT2D eigenvalue weighted by Crippen LogP contribution is -2.49. The first kappa shape index (κ1) is 21.2. The Morgan fingerprint density at radius 1 is 0.682 bits per heavy atom. The van der Waals surface area contributed by atoms with Crippen LogP contribution in [0.3, 0.4) is 0 Å². The maximum atomic E-state index is 2.32. The molecule has 0 aliphatic rings.